The van der Waals surface area contributed by atoms with Gasteiger partial charge in [-0.15, -0.1) is 0 Å². The molecule has 1 N–H and O–H groups in total. The van der Waals surface area contributed by atoms with Crippen LogP contribution < -0.4 is 10.4 Å². The van der Waals surface area contributed by atoms with E-state index in [0.717, 1.165) is 104 Å². The van der Waals surface area contributed by atoms with Gasteiger partial charge >= 0.3 is 14.8 Å². The molecule has 10 aromatic heterocycles. The van der Waals surface area contributed by atoms with Crippen LogP contribution in [0.5, 0.6) is 5.75 Å². The molecule has 11 heterocycles. The molecule has 1 aliphatic heterocycles. The Kier molecular flexibility index (Phi) is 26.8. The molecule has 0 unspecified atom stereocenters. The summed E-state index contributed by atoms with van der Waals surface area (Å²) < 4.78 is 26.6. The summed E-state index contributed by atoms with van der Waals surface area (Å²) in [6.45, 7) is 8.07. The van der Waals surface area contributed by atoms with Crippen LogP contribution in [-0.2, 0) is 9.31 Å². The average molecular weight is 1930 g/mol. The Morgan fingerprint density at radius 2 is 0.625 bits per heavy atom. The van der Waals surface area contributed by atoms with Crippen molar-refractivity contribution in [2.45, 2.75) is 38.9 Å². The van der Waals surface area contributed by atoms with Crippen molar-refractivity contribution in [2.24, 2.45) is 0 Å². The molecule has 1 radical (unpaired) electrons. The first-order valence-electron chi connectivity index (χ1n) is 41.2. The number of fused-ring (bicyclic) bond motifs is 8. The van der Waals surface area contributed by atoms with E-state index >= 15 is 0 Å². The van der Waals surface area contributed by atoms with Crippen molar-refractivity contribution in [3.8, 4) is 96.5 Å². The molecule has 0 spiro atoms. The lowest BCUT2D eigenvalue weighted by molar-refractivity contribution is 0.00578. The van der Waals surface area contributed by atoms with Gasteiger partial charge in [0.05, 0.1) is 54.7 Å². The fourth-order valence-electron chi connectivity index (χ4n) is 14.6. The van der Waals surface area contributed by atoms with Gasteiger partial charge in [-0.05, 0) is 130 Å². The molecular weight excluding hydrogens is 1850 g/mol. The van der Waals surface area contributed by atoms with E-state index in [2.05, 4.69) is 248 Å². The summed E-state index contributed by atoms with van der Waals surface area (Å²) in [6, 6.07) is 126. The average Bonchev–Trinajstić information content (AvgIpc) is 1.61. The van der Waals surface area contributed by atoms with E-state index in [1.54, 1.807) is 12.1 Å². The molecule has 24 heteroatoms. The highest BCUT2D eigenvalue weighted by Crippen LogP contribution is 2.40. The minimum atomic E-state index is -0.636. The van der Waals surface area contributed by atoms with Gasteiger partial charge in [0.1, 0.15) is 16.0 Å². The van der Waals surface area contributed by atoms with Crippen LogP contribution in [0, 0.1) is 0 Å². The first kappa shape index (κ1) is 86.3. The number of pyridine rings is 4. The van der Waals surface area contributed by atoms with Gasteiger partial charge < -0.3 is 19.0 Å². The van der Waals surface area contributed by atoms with Gasteiger partial charge in [-0.1, -0.05) is 328 Å². The second-order valence-corrected chi connectivity index (χ2v) is 32.3. The minimum Gasteiger partial charge on any atom is -0.537 e. The quantitative estimate of drug-likeness (QED) is 0.120. The van der Waals surface area contributed by atoms with E-state index in [4.69, 9.17) is 39.5 Å². The third-order valence-electron chi connectivity index (χ3n) is 21.8. The highest BCUT2D eigenvalue weighted by molar-refractivity contribution is 9.93. The van der Waals surface area contributed by atoms with Gasteiger partial charge in [-0.3, -0.25) is 0 Å². The van der Waals surface area contributed by atoms with E-state index in [-0.39, 0.29) is 0 Å². The van der Waals surface area contributed by atoms with Crippen LogP contribution in [0.4, 0.5) is 0 Å². The zero-order valence-electron chi connectivity index (χ0n) is 69.7. The first-order valence-corrected chi connectivity index (χ1v) is 46.5. The Hall–Kier alpha value is -13.8. The van der Waals surface area contributed by atoms with Gasteiger partial charge in [-0.25, -0.2) is 48.0 Å². The predicted octanol–water partition coefficient (Wildman–Crippen LogP) is 25.4. The lowest BCUT2D eigenvalue weighted by Gasteiger charge is -2.32. The molecular formula is C104H79B2Br4N14O4. The van der Waals surface area contributed by atoms with E-state index in [9.17, 15) is 0 Å². The topological polar surface area (TPSA) is 194 Å². The SMILES string of the molecule is BrBr.Brc1c(-c2ccccc2)nn2cc3ccccc3cc12.Brc1cc2cc3ccccc3cn2n1.CC1(C)OB(c2nc(-c3ccccc3)nc(-c3ccccc3)n2)OC1(C)C.O[B]Oc1ccccc1.c1ccc(-c2cc3cc4ccccc4cn3n2)cc1.c1ccc(-c2nc(-c3ccccc3)nc(-c3c(-c4ccccc4)nn4cc5ccccc5cc34)n2)cc1. The molecule has 0 saturated carbocycles. The van der Waals surface area contributed by atoms with Crippen LogP contribution in [0.3, 0.4) is 0 Å². The van der Waals surface area contributed by atoms with Crippen molar-refractivity contribution in [2.75, 3.05) is 0 Å². The largest absolute Gasteiger partial charge is 0.569 e. The molecule has 0 aliphatic carbocycles. The van der Waals surface area contributed by atoms with Crippen LogP contribution in [0.2, 0.25) is 0 Å². The van der Waals surface area contributed by atoms with Crippen LogP contribution in [0.25, 0.3) is 156 Å². The number of benzene rings is 12. The maximum atomic E-state index is 8.17. The van der Waals surface area contributed by atoms with Gasteiger partial charge in [-0.2, -0.15) is 20.4 Å². The lowest BCUT2D eigenvalue weighted by Crippen LogP contribution is -2.41. The maximum absolute atomic E-state index is 8.17. The summed E-state index contributed by atoms with van der Waals surface area (Å²) in [5.74, 6) is 3.70. The highest BCUT2D eigenvalue weighted by atomic mass is 80.9. The van der Waals surface area contributed by atoms with E-state index in [0.29, 0.717) is 48.3 Å². The molecule has 22 aromatic rings. The van der Waals surface area contributed by atoms with Crippen molar-refractivity contribution < 1.29 is 19.0 Å². The Bertz CT molecular complexity index is 7310. The number of para-hydroxylation sites is 1. The molecule has 18 nitrogen and oxygen atoms in total. The Morgan fingerprint density at radius 3 is 1.05 bits per heavy atom. The molecule has 0 amide bonds. The molecule has 128 heavy (non-hydrogen) atoms. The standard InChI is InChI=1S/C32H21N5.C21H22BN3O2.C17H11BrN2.C17H12N2.C11H7BrN2.C6H6BO2.Br2/c1-4-12-22(13-5-1)29-28(27-20-25-18-10-11-19-26(25)21-37(27)36-29)32-34-30(23-14-6-2-7-15-23)33-31(35-32)24-16-8-3-9-17-24;1-20(2)21(3,4)27-22(26-20)19-24-17(15-11-7-5-8-12-15)23-18(25-19)16-13-9-6-10-14-16;18-16-15-10-13-8-4-5-9-14(13)11-20(15)19-17(16)12-6-2-1-3-7-12;1-2-6-13(7-3-1)17-11-16-10-14-8-4-5-9-15(14)12-19(16)18-17;12-11-6-10-5-8-3-1-2-4-9(8)7-14(10)13-11;8-7-9-6-4-2-1-3-5-6;1-2/h1-21H;5-14H,1-4H3;1-11H;1-12H;1-7H;1-5,8H;. The number of rotatable bonds is 11. The first-order chi connectivity index (χ1) is 62.7. The highest BCUT2D eigenvalue weighted by Gasteiger charge is 2.53. The molecule has 0 bridgehead atoms. The molecule has 623 valence electrons. The van der Waals surface area contributed by atoms with Crippen LogP contribution in [-0.4, -0.2) is 99.4 Å². The molecule has 1 aliphatic rings. The van der Waals surface area contributed by atoms with E-state index in [1.165, 1.54) is 32.3 Å². The molecule has 0 atom stereocenters. The van der Waals surface area contributed by atoms with Crippen LogP contribution >= 0.6 is 60.1 Å². The van der Waals surface area contributed by atoms with Gasteiger partial charge in [0.2, 0.25) is 0 Å². The van der Waals surface area contributed by atoms with Crippen LogP contribution in [0.1, 0.15) is 27.7 Å². The third kappa shape index (κ3) is 19.9. The van der Waals surface area contributed by atoms with Crippen molar-refractivity contribution >= 4 is 146 Å². The molecule has 12 aromatic carbocycles. The van der Waals surface area contributed by atoms with Crippen LogP contribution in [0.15, 0.2) is 410 Å². The second-order valence-electron chi connectivity index (χ2n) is 30.7. The Balaban J connectivity index is 0.000000113. The lowest BCUT2D eigenvalue weighted by atomic mass is 9.89. The fourth-order valence-corrected chi connectivity index (χ4v) is 15.6. The van der Waals surface area contributed by atoms with Crippen molar-refractivity contribution in [1.82, 2.24) is 68.4 Å². The summed E-state index contributed by atoms with van der Waals surface area (Å²) in [5, 5.41) is 36.4. The maximum Gasteiger partial charge on any atom is 0.569 e. The summed E-state index contributed by atoms with van der Waals surface area (Å²) in [4.78, 5) is 28.9. The van der Waals surface area contributed by atoms with Crippen molar-refractivity contribution in [3.05, 3.63) is 410 Å². The smallest absolute Gasteiger partial charge is 0.537 e. The minimum absolute atomic E-state index is 0.454. The summed E-state index contributed by atoms with van der Waals surface area (Å²) in [6.07, 6.45) is 8.26. The molecule has 23 rings (SSSR count). The van der Waals surface area contributed by atoms with Gasteiger partial charge in [0, 0.05) is 114 Å². The summed E-state index contributed by atoms with van der Waals surface area (Å²) in [7, 11) is 0.0259. The summed E-state index contributed by atoms with van der Waals surface area (Å²) >= 11 is 12.6. The number of halogens is 4. The number of nitrogens with zero attached hydrogens (tertiary/aromatic N) is 14. The third-order valence-corrected chi connectivity index (χ3v) is 22.9. The molecule has 1 saturated heterocycles. The van der Waals surface area contributed by atoms with Crippen molar-refractivity contribution in [3.63, 3.8) is 0 Å². The van der Waals surface area contributed by atoms with E-state index < -0.39 is 18.3 Å². The van der Waals surface area contributed by atoms with Gasteiger partial charge in [0.25, 0.3) is 0 Å². The zero-order chi connectivity index (χ0) is 87.9. The Labute approximate surface area is 772 Å². The monoisotopic (exact) mass is 1930 g/mol. The summed E-state index contributed by atoms with van der Waals surface area (Å²) in [5.41, 5.74) is 14.5. The normalized spacial score (nSPS) is 12.3. The van der Waals surface area contributed by atoms with Crippen molar-refractivity contribution in [1.29, 1.82) is 0 Å². The Morgan fingerprint density at radius 1 is 0.312 bits per heavy atom. The number of aromatic nitrogens is 14. The number of hydrogen-bond acceptors (Lipinski definition) is 14. The second kappa shape index (κ2) is 39.8. The number of hydrogen-bond donors (Lipinski definition) is 1. The zero-order valence-corrected chi connectivity index (χ0v) is 76.0. The van der Waals surface area contributed by atoms with E-state index in [1.807, 2.05) is 276 Å². The predicted molar refractivity (Wildman–Crippen MR) is 532 cm³/mol. The fraction of sp³-hybridized carbons (Fsp3) is 0.0577. The van der Waals surface area contributed by atoms with Gasteiger partial charge in [0.15, 0.2) is 34.8 Å². The molecule has 1 fully saturated rings.